The first-order valence-electron chi connectivity index (χ1n) is 10.2. The number of carbonyl (C=O) groups is 1. The van der Waals surface area contributed by atoms with E-state index >= 15 is 0 Å². The third-order valence-corrected chi connectivity index (χ3v) is 5.99. The van der Waals surface area contributed by atoms with Crippen molar-refractivity contribution in [1.82, 2.24) is 14.8 Å². The molecule has 2 aromatic carbocycles. The van der Waals surface area contributed by atoms with Crippen LogP contribution < -0.4 is 0 Å². The normalized spacial score (nSPS) is 13.8. The molecule has 1 saturated carbocycles. The molecule has 7 heteroatoms. The van der Waals surface area contributed by atoms with Crippen molar-refractivity contribution in [3.8, 4) is 0 Å². The zero-order chi connectivity index (χ0) is 21.6. The van der Waals surface area contributed by atoms with Crippen LogP contribution in [0, 0.1) is 0 Å². The van der Waals surface area contributed by atoms with Gasteiger partial charge in [-0.1, -0.05) is 66.4 Å². The lowest BCUT2D eigenvalue weighted by atomic mass is 10.0. The molecular weight excluding hydrogens is 410 g/mol. The fraction of sp³-hybridized carbons (Fsp3) is 0.292. The van der Waals surface area contributed by atoms with Crippen molar-refractivity contribution in [1.29, 1.82) is 0 Å². The van der Waals surface area contributed by atoms with Crippen LogP contribution in [0.15, 0.2) is 66.0 Å². The summed E-state index contributed by atoms with van der Waals surface area (Å²) in [6.07, 6.45) is 3.77. The Bertz CT molecular complexity index is 1070. The summed E-state index contributed by atoms with van der Waals surface area (Å²) in [6.45, 7) is 0.722. The molecule has 0 spiro atoms. The van der Waals surface area contributed by atoms with Gasteiger partial charge in [-0.05, 0) is 29.5 Å². The molecule has 0 unspecified atom stereocenters. The Labute approximate surface area is 186 Å². The van der Waals surface area contributed by atoms with E-state index in [-0.39, 0.29) is 0 Å². The van der Waals surface area contributed by atoms with Crippen LogP contribution in [0.5, 0.6) is 0 Å². The number of methoxy groups -OCH3 is 2. The fourth-order valence-electron chi connectivity index (χ4n) is 3.41. The lowest BCUT2D eigenvalue weighted by molar-refractivity contribution is -0.133. The first-order valence-corrected chi connectivity index (χ1v) is 11.2. The molecule has 4 rings (SSSR count). The molecule has 1 aliphatic carbocycles. The van der Waals surface area contributed by atoms with Crippen molar-refractivity contribution < 1.29 is 14.3 Å². The summed E-state index contributed by atoms with van der Waals surface area (Å²) in [5, 5.41) is 5.53. The molecule has 1 aromatic heterocycles. The minimum atomic E-state index is -0.430. The van der Waals surface area contributed by atoms with E-state index in [1.807, 2.05) is 47.1 Å². The Morgan fingerprint density at radius 1 is 1.13 bits per heavy atom. The second-order valence-electron chi connectivity index (χ2n) is 7.37. The molecule has 0 aliphatic heterocycles. The van der Waals surface area contributed by atoms with Gasteiger partial charge in [-0.15, -0.1) is 5.10 Å². The van der Waals surface area contributed by atoms with Crippen LogP contribution in [0.4, 0.5) is 0 Å². The quantitative estimate of drug-likeness (QED) is 0.211. The van der Waals surface area contributed by atoms with Gasteiger partial charge in [-0.3, -0.25) is 0 Å². The van der Waals surface area contributed by atoms with Crippen LogP contribution in [0.25, 0.3) is 5.57 Å². The first-order chi connectivity index (χ1) is 15.2. The number of esters is 1. The van der Waals surface area contributed by atoms with Gasteiger partial charge in [0.25, 0.3) is 0 Å². The molecule has 0 amide bonds. The van der Waals surface area contributed by atoms with E-state index in [1.54, 1.807) is 11.8 Å². The monoisotopic (exact) mass is 435 g/mol. The van der Waals surface area contributed by atoms with Gasteiger partial charge in [0.1, 0.15) is 11.4 Å². The second kappa shape index (κ2) is 9.83. The average Bonchev–Trinajstić information content (AvgIpc) is 3.57. The smallest absolute Gasteiger partial charge is 0.341 e. The van der Waals surface area contributed by atoms with Gasteiger partial charge in [0.2, 0.25) is 5.16 Å². The van der Waals surface area contributed by atoms with Gasteiger partial charge in [-0.25, -0.2) is 14.5 Å². The van der Waals surface area contributed by atoms with Crippen LogP contribution in [-0.4, -0.2) is 35.0 Å². The maximum absolute atomic E-state index is 12.2. The highest BCUT2D eigenvalue weighted by Gasteiger charge is 2.30. The molecule has 0 atom stereocenters. The molecular formula is C24H25N3O3S. The van der Waals surface area contributed by atoms with E-state index in [0.717, 1.165) is 28.7 Å². The van der Waals surface area contributed by atoms with E-state index in [9.17, 15) is 4.79 Å². The minimum absolute atomic E-state index is 0.391. The summed E-state index contributed by atoms with van der Waals surface area (Å²) in [5.41, 5.74) is 3.38. The Morgan fingerprint density at radius 2 is 1.87 bits per heavy atom. The summed E-state index contributed by atoms with van der Waals surface area (Å²) in [6, 6.07) is 18.1. The molecule has 1 heterocycles. The predicted molar refractivity (Wildman–Crippen MR) is 121 cm³/mol. The highest BCUT2D eigenvalue weighted by Crippen LogP contribution is 2.40. The zero-order valence-corrected chi connectivity index (χ0v) is 18.5. The first kappa shape index (κ1) is 21.2. The summed E-state index contributed by atoms with van der Waals surface area (Å²) in [5.74, 6) is 1.77. The molecule has 0 N–H and O–H groups in total. The van der Waals surface area contributed by atoms with Gasteiger partial charge in [-0.2, -0.15) is 0 Å². The van der Waals surface area contributed by atoms with Crippen LogP contribution in [0.3, 0.4) is 0 Å². The Morgan fingerprint density at radius 3 is 2.58 bits per heavy atom. The topological polar surface area (TPSA) is 66.2 Å². The summed E-state index contributed by atoms with van der Waals surface area (Å²) >= 11 is 1.57. The SMILES string of the molecule is CO/C=C(\C(=O)OC)c1ccccc1CSc1nc(C2CC2)n(Cc2ccccc2)n1. The number of nitrogens with zero attached hydrogens (tertiary/aromatic N) is 3. The molecule has 0 saturated heterocycles. The number of benzene rings is 2. The fourth-order valence-corrected chi connectivity index (χ4v) is 4.26. The third kappa shape index (κ3) is 5.17. The van der Waals surface area contributed by atoms with Gasteiger partial charge in [0, 0.05) is 11.7 Å². The summed E-state index contributed by atoms with van der Waals surface area (Å²) in [7, 11) is 2.88. The number of carbonyl (C=O) groups excluding carboxylic acids is 1. The number of rotatable bonds is 9. The van der Waals surface area contributed by atoms with E-state index < -0.39 is 5.97 Å². The molecule has 0 radical (unpaired) electrons. The Kier molecular flexibility index (Phi) is 6.72. The van der Waals surface area contributed by atoms with Gasteiger partial charge in [0.15, 0.2) is 0 Å². The summed E-state index contributed by atoms with van der Waals surface area (Å²) in [4.78, 5) is 17.1. The largest absolute Gasteiger partial charge is 0.503 e. The lowest BCUT2D eigenvalue weighted by Gasteiger charge is -2.10. The van der Waals surface area contributed by atoms with Crippen LogP contribution in [0.2, 0.25) is 0 Å². The van der Waals surface area contributed by atoms with Crippen molar-refractivity contribution >= 4 is 23.3 Å². The number of hydrogen-bond donors (Lipinski definition) is 0. The van der Waals surface area contributed by atoms with E-state index in [4.69, 9.17) is 19.6 Å². The molecule has 0 bridgehead atoms. The van der Waals surface area contributed by atoms with Gasteiger partial charge >= 0.3 is 5.97 Å². The second-order valence-corrected chi connectivity index (χ2v) is 8.32. The summed E-state index contributed by atoms with van der Waals surface area (Å²) < 4.78 is 12.1. The van der Waals surface area contributed by atoms with Crippen molar-refractivity contribution in [3.05, 3.63) is 83.4 Å². The average molecular weight is 436 g/mol. The van der Waals surface area contributed by atoms with E-state index in [2.05, 4.69) is 12.1 Å². The van der Waals surface area contributed by atoms with Gasteiger partial charge in [0.05, 0.1) is 27.0 Å². The maximum atomic E-state index is 12.2. The van der Waals surface area contributed by atoms with E-state index in [1.165, 1.54) is 38.9 Å². The number of thioether (sulfide) groups is 1. The molecule has 1 aliphatic rings. The zero-order valence-electron chi connectivity index (χ0n) is 17.7. The highest BCUT2D eigenvalue weighted by molar-refractivity contribution is 7.98. The van der Waals surface area contributed by atoms with Crippen LogP contribution in [0.1, 0.15) is 41.3 Å². The van der Waals surface area contributed by atoms with E-state index in [0.29, 0.717) is 17.2 Å². The highest BCUT2D eigenvalue weighted by atomic mass is 32.2. The molecule has 6 nitrogen and oxygen atoms in total. The van der Waals surface area contributed by atoms with Crippen molar-refractivity contribution in [2.45, 2.75) is 36.2 Å². The Hall–Kier alpha value is -3.06. The number of ether oxygens (including phenoxy) is 2. The maximum Gasteiger partial charge on any atom is 0.341 e. The van der Waals surface area contributed by atoms with Crippen LogP contribution >= 0.6 is 11.8 Å². The van der Waals surface area contributed by atoms with Crippen molar-refractivity contribution in [3.63, 3.8) is 0 Å². The number of aromatic nitrogens is 3. The van der Waals surface area contributed by atoms with Gasteiger partial charge < -0.3 is 9.47 Å². The molecule has 3 aromatic rings. The Balaban J connectivity index is 1.54. The lowest BCUT2D eigenvalue weighted by Crippen LogP contribution is -2.06. The van der Waals surface area contributed by atoms with Crippen molar-refractivity contribution in [2.24, 2.45) is 0 Å². The van der Waals surface area contributed by atoms with Crippen LogP contribution in [-0.2, 0) is 26.6 Å². The molecule has 31 heavy (non-hydrogen) atoms. The van der Waals surface area contributed by atoms with Crippen molar-refractivity contribution in [2.75, 3.05) is 14.2 Å². The number of hydrogen-bond acceptors (Lipinski definition) is 6. The predicted octanol–water partition coefficient (Wildman–Crippen LogP) is 4.66. The molecule has 1 fully saturated rings. The minimum Gasteiger partial charge on any atom is -0.503 e. The third-order valence-electron chi connectivity index (χ3n) is 5.10. The standard InChI is InChI=1S/C24H25N3O3S/c1-29-15-21(23(28)30-2)20-11-7-6-10-19(20)16-31-24-25-22(18-12-13-18)27(26-24)14-17-8-4-3-5-9-17/h3-11,15,18H,12-14,16H2,1-2H3/b21-15-. The molecule has 160 valence electrons.